The van der Waals surface area contributed by atoms with Crippen molar-refractivity contribution in [3.05, 3.63) is 93.8 Å². The van der Waals surface area contributed by atoms with E-state index in [9.17, 15) is 0 Å². The number of rotatable bonds is 8. The highest BCUT2D eigenvalue weighted by Crippen LogP contribution is 2.32. The predicted octanol–water partition coefficient (Wildman–Crippen LogP) is 6.61. The second kappa shape index (κ2) is 10.2. The van der Waals surface area contributed by atoms with E-state index in [-0.39, 0.29) is 0 Å². The summed E-state index contributed by atoms with van der Waals surface area (Å²) in [6, 6.07) is 23.7. The molecule has 31 heavy (non-hydrogen) atoms. The van der Waals surface area contributed by atoms with Gasteiger partial charge >= 0.3 is 0 Å². The van der Waals surface area contributed by atoms with E-state index in [0.717, 1.165) is 26.9 Å². The molecular weight excluding hydrogens is 474 g/mol. The van der Waals surface area contributed by atoms with Crippen molar-refractivity contribution in [3.8, 4) is 22.8 Å². The molecule has 0 radical (unpaired) electrons. The number of hydrazone groups is 1. The van der Waals surface area contributed by atoms with Crippen LogP contribution in [0.1, 0.15) is 11.1 Å². The number of benzene rings is 3. The Bertz CT molecular complexity index is 1180. The molecule has 0 atom stereocenters. The molecular formula is C24H20BrN3O2S. The topological polar surface area (TPSA) is 55.7 Å². The van der Waals surface area contributed by atoms with Crippen LogP contribution in [0.5, 0.6) is 11.5 Å². The molecule has 0 unspecified atom stereocenters. The maximum atomic E-state index is 6.10. The van der Waals surface area contributed by atoms with Crippen LogP contribution < -0.4 is 14.9 Å². The molecule has 156 valence electrons. The second-order valence-corrected chi connectivity index (χ2v) is 8.25. The molecule has 0 spiro atoms. The number of ether oxygens (including phenoxy) is 2. The zero-order valence-corrected chi connectivity index (χ0v) is 19.2. The Morgan fingerprint density at radius 1 is 1.03 bits per heavy atom. The average molecular weight is 494 g/mol. The SMILES string of the molecule is COc1cccc(C=NNc2nc(-c3ccccc3)cs2)c1OCc1ccccc1Br. The third kappa shape index (κ3) is 5.31. The number of hydrogen-bond donors (Lipinski definition) is 1. The number of hydrogen-bond acceptors (Lipinski definition) is 6. The Hall–Kier alpha value is -3.16. The predicted molar refractivity (Wildman–Crippen MR) is 130 cm³/mol. The molecule has 0 saturated heterocycles. The first-order chi connectivity index (χ1) is 15.2. The zero-order chi connectivity index (χ0) is 21.5. The molecule has 0 aliphatic heterocycles. The van der Waals surface area contributed by atoms with E-state index in [4.69, 9.17) is 9.47 Å². The Morgan fingerprint density at radius 2 is 1.84 bits per heavy atom. The molecule has 0 bridgehead atoms. The summed E-state index contributed by atoms with van der Waals surface area (Å²) in [5.74, 6) is 1.28. The average Bonchev–Trinajstić information content (AvgIpc) is 3.28. The van der Waals surface area contributed by atoms with Crippen LogP contribution in [0.4, 0.5) is 5.13 Å². The normalized spacial score (nSPS) is 10.9. The van der Waals surface area contributed by atoms with Gasteiger partial charge in [0.25, 0.3) is 0 Å². The van der Waals surface area contributed by atoms with Gasteiger partial charge in [0.15, 0.2) is 11.5 Å². The van der Waals surface area contributed by atoms with Crippen molar-refractivity contribution in [2.24, 2.45) is 5.10 Å². The number of para-hydroxylation sites is 1. The molecule has 1 N–H and O–H groups in total. The minimum atomic E-state index is 0.406. The third-order valence-electron chi connectivity index (χ3n) is 4.50. The van der Waals surface area contributed by atoms with Crippen LogP contribution in [-0.4, -0.2) is 18.3 Å². The summed E-state index contributed by atoms with van der Waals surface area (Å²) in [4.78, 5) is 4.59. The van der Waals surface area contributed by atoms with Crippen molar-refractivity contribution in [2.45, 2.75) is 6.61 Å². The van der Waals surface area contributed by atoms with Crippen LogP contribution in [0, 0.1) is 0 Å². The van der Waals surface area contributed by atoms with Gasteiger partial charge < -0.3 is 9.47 Å². The maximum absolute atomic E-state index is 6.10. The van der Waals surface area contributed by atoms with E-state index in [1.165, 1.54) is 11.3 Å². The van der Waals surface area contributed by atoms with Crippen LogP contribution in [0.2, 0.25) is 0 Å². The van der Waals surface area contributed by atoms with Gasteiger partial charge in [-0.15, -0.1) is 11.3 Å². The Morgan fingerprint density at radius 3 is 2.65 bits per heavy atom. The van der Waals surface area contributed by atoms with Gasteiger partial charge in [0.2, 0.25) is 5.13 Å². The van der Waals surface area contributed by atoms with E-state index < -0.39 is 0 Å². The van der Waals surface area contributed by atoms with Gasteiger partial charge in [-0.2, -0.15) is 5.10 Å². The molecule has 0 fully saturated rings. The van der Waals surface area contributed by atoms with Crippen LogP contribution in [0.15, 0.2) is 87.8 Å². The largest absolute Gasteiger partial charge is 0.493 e. The minimum absolute atomic E-state index is 0.406. The van der Waals surface area contributed by atoms with Gasteiger partial charge in [-0.25, -0.2) is 4.98 Å². The van der Waals surface area contributed by atoms with Gasteiger partial charge in [-0.3, -0.25) is 5.43 Å². The van der Waals surface area contributed by atoms with Crippen molar-refractivity contribution < 1.29 is 9.47 Å². The molecule has 1 heterocycles. The number of methoxy groups -OCH3 is 1. The number of nitrogens with one attached hydrogen (secondary N) is 1. The molecule has 0 aliphatic rings. The zero-order valence-electron chi connectivity index (χ0n) is 16.8. The van der Waals surface area contributed by atoms with Crippen molar-refractivity contribution in [2.75, 3.05) is 12.5 Å². The first kappa shape index (κ1) is 21.1. The van der Waals surface area contributed by atoms with Gasteiger partial charge in [0.05, 0.1) is 19.0 Å². The minimum Gasteiger partial charge on any atom is -0.493 e. The summed E-state index contributed by atoms with van der Waals surface area (Å²) < 4.78 is 12.6. The summed E-state index contributed by atoms with van der Waals surface area (Å²) in [6.07, 6.45) is 1.71. The maximum Gasteiger partial charge on any atom is 0.203 e. The summed E-state index contributed by atoms with van der Waals surface area (Å²) in [7, 11) is 1.63. The number of aromatic nitrogens is 1. The van der Waals surface area contributed by atoms with Crippen LogP contribution in [0.3, 0.4) is 0 Å². The first-order valence-electron chi connectivity index (χ1n) is 9.58. The number of anilines is 1. The van der Waals surface area contributed by atoms with Crippen molar-refractivity contribution in [1.29, 1.82) is 0 Å². The van der Waals surface area contributed by atoms with Crippen LogP contribution in [0.25, 0.3) is 11.3 Å². The van der Waals surface area contributed by atoms with E-state index in [2.05, 4.69) is 31.4 Å². The van der Waals surface area contributed by atoms with Gasteiger partial charge in [-0.05, 0) is 18.2 Å². The van der Waals surface area contributed by atoms with Gasteiger partial charge in [-0.1, -0.05) is 70.5 Å². The molecule has 4 aromatic rings. The lowest BCUT2D eigenvalue weighted by atomic mass is 10.2. The third-order valence-corrected chi connectivity index (χ3v) is 6.02. The molecule has 0 amide bonds. The Kier molecular flexibility index (Phi) is 6.96. The number of nitrogens with zero attached hydrogens (tertiary/aromatic N) is 2. The molecule has 1 aromatic heterocycles. The van der Waals surface area contributed by atoms with E-state index in [1.54, 1.807) is 13.3 Å². The van der Waals surface area contributed by atoms with Gasteiger partial charge in [0, 0.05) is 26.5 Å². The lowest BCUT2D eigenvalue weighted by Gasteiger charge is -2.13. The molecule has 5 nitrogen and oxygen atoms in total. The second-order valence-electron chi connectivity index (χ2n) is 6.53. The van der Waals surface area contributed by atoms with Crippen molar-refractivity contribution in [3.63, 3.8) is 0 Å². The van der Waals surface area contributed by atoms with Crippen molar-refractivity contribution in [1.82, 2.24) is 4.98 Å². The fourth-order valence-corrected chi connectivity index (χ4v) is 4.01. The van der Waals surface area contributed by atoms with E-state index >= 15 is 0 Å². The van der Waals surface area contributed by atoms with Crippen LogP contribution in [-0.2, 0) is 6.61 Å². The summed E-state index contributed by atoms with van der Waals surface area (Å²) >= 11 is 5.06. The molecule has 3 aromatic carbocycles. The first-order valence-corrected chi connectivity index (χ1v) is 11.2. The highest BCUT2D eigenvalue weighted by molar-refractivity contribution is 9.10. The Labute approximate surface area is 193 Å². The summed E-state index contributed by atoms with van der Waals surface area (Å²) in [5, 5.41) is 7.08. The molecule has 7 heteroatoms. The highest BCUT2D eigenvalue weighted by atomic mass is 79.9. The molecule has 4 rings (SSSR count). The molecule has 0 aliphatic carbocycles. The fraction of sp³-hybridized carbons (Fsp3) is 0.0833. The van der Waals surface area contributed by atoms with E-state index in [1.807, 2.05) is 78.2 Å². The van der Waals surface area contributed by atoms with Gasteiger partial charge in [0.1, 0.15) is 6.61 Å². The van der Waals surface area contributed by atoms with Crippen LogP contribution >= 0.6 is 27.3 Å². The standard InChI is InChI=1S/C24H20BrN3O2S/c1-29-22-13-7-11-18(23(22)30-15-19-10-5-6-12-20(19)25)14-26-28-24-27-21(16-31-24)17-8-3-2-4-9-17/h2-14,16H,15H2,1H3,(H,27,28). The number of thiazole rings is 1. The number of halogens is 1. The summed E-state index contributed by atoms with van der Waals surface area (Å²) in [6.45, 7) is 0.406. The fourth-order valence-electron chi connectivity index (χ4n) is 2.94. The lowest BCUT2D eigenvalue weighted by molar-refractivity contribution is 0.283. The van der Waals surface area contributed by atoms with E-state index in [0.29, 0.717) is 23.2 Å². The quantitative estimate of drug-likeness (QED) is 0.221. The summed E-state index contributed by atoms with van der Waals surface area (Å²) in [5.41, 5.74) is 6.85. The highest BCUT2D eigenvalue weighted by Gasteiger charge is 2.11. The monoisotopic (exact) mass is 493 g/mol. The smallest absolute Gasteiger partial charge is 0.203 e. The lowest BCUT2D eigenvalue weighted by Crippen LogP contribution is -2.02. The van der Waals surface area contributed by atoms with Crippen molar-refractivity contribution >= 4 is 38.6 Å². The Balaban J connectivity index is 1.48. The molecule has 0 saturated carbocycles.